The fraction of sp³-hybridized carbons (Fsp3) is 0.100. The van der Waals surface area contributed by atoms with E-state index in [4.69, 9.17) is 9.47 Å². The molecule has 0 bridgehead atoms. The van der Waals surface area contributed by atoms with E-state index in [0.717, 1.165) is 11.1 Å². The predicted molar refractivity (Wildman–Crippen MR) is 91.9 cm³/mol. The molecule has 0 radical (unpaired) electrons. The van der Waals surface area contributed by atoms with Crippen LogP contribution in [-0.2, 0) is 16.0 Å². The van der Waals surface area contributed by atoms with Crippen molar-refractivity contribution >= 4 is 18.0 Å². The Morgan fingerprint density at radius 3 is 2.68 bits per heavy atom. The van der Waals surface area contributed by atoms with Crippen molar-refractivity contribution < 1.29 is 19.1 Å². The number of carbonyl (C=O) groups excluding carboxylic acids is 2. The maximum absolute atomic E-state index is 12.3. The van der Waals surface area contributed by atoms with Crippen LogP contribution in [0.15, 0.2) is 60.9 Å². The average molecular weight is 333 g/mol. The highest BCUT2D eigenvalue weighted by Gasteiger charge is 2.35. The minimum Gasteiger partial charge on any atom is -0.457 e. The molecule has 124 valence electrons. The molecule has 2 aromatic carbocycles. The summed E-state index contributed by atoms with van der Waals surface area (Å²) >= 11 is 0. The van der Waals surface area contributed by atoms with Crippen molar-refractivity contribution in [2.45, 2.75) is 12.5 Å². The van der Waals surface area contributed by atoms with Gasteiger partial charge in [0.1, 0.15) is 17.3 Å². The van der Waals surface area contributed by atoms with Crippen LogP contribution >= 0.6 is 0 Å². The molecule has 0 fully saturated rings. The van der Waals surface area contributed by atoms with Crippen molar-refractivity contribution in [2.24, 2.45) is 0 Å². The number of carbonyl (C=O) groups is 2. The molecule has 0 saturated heterocycles. The summed E-state index contributed by atoms with van der Waals surface area (Å²) in [6.45, 7) is 3.74. The summed E-state index contributed by atoms with van der Waals surface area (Å²) in [5.74, 6) is 0.761. The number of ether oxygens (including phenoxy) is 2. The molecule has 1 atom stereocenters. The van der Waals surface area contributed by atoms with E-state index in [1.54, 1.807) is 18.2 Å². The lowest BCUT2D eigenvalue weighted by atomic mass is 10.0. The third-order valence-corrected chi connectivity index (χ3v) is 4.10. The molecule has 0 spiro atoms. The van der Waals surface area contributed by atoms with E-state index in [1.807, 2.05) is 36.4 Å². The fourth-order valence-electron chi connectivity index (χ4n) is 2.91. The van der Waals surface area contributed by atoms with Crippen LogP contribution in [0.3, 0.4) is 0 Å². The molecule has 2 aliphatic heterocycles. The van der Waals surface area contributed by atoms with Crippen LogP contribution in [0.1, 0.15) is 22.7 Å². The maximum Gasteiger partial charge on any atom is 0.338 e. The van der Waals surface area contributed by atoms with E-state index < -0.39 is 12.0 Å². The number of amides is 1. The molecule has 2 aliphatic rings. The van der Waals surface area contributed by atoms with Gasteiger partial charge in [0.05, 0.1) is 6.42 Å². The quantitative estimate of drug-likeness (QED) is 0.693. The first kappa shape index (κ1) is 15.2. The maximum atomic E-state index is 12.3. The molecule has 1 amide bonds. The Labute approximate surface area is 144 Å². The van der Waals surface area contributed by atoms with E-state index in [-0.39, 0.29) is 12.3 Å². The van der Waals surface area contributed by atoms with Gasteiger partial charge in [-0.2, -0.15) is 0 Å². The Balaban J connectivity index is 1.57. The normalized spacial score (nSPS) is 17.4. The van der Waals surface area contributed by atoms with Crippen LogP contribution in [0.5, 0.6) is 11.5 Å². The Hall–Kier alpha value is -3.34. The monoisotopic (exact) mass is 333 g/mol. The smallest absolute Gasteiger partial charge is 0.338 e. The number of nitrogens with one attached hydrogen (secondary N) is 1. The van der Waals surface area contributed by atoms with E-state index in [0.29, 0.717) is 22.8 Å². The van der Waals surface area contributed by atoms with Crippen molar-refractivity contribution in [2.75, 3.05) is 0 Å². The lowest BCUT2D eigenvalue weighted by Crippen LogP contribution is -2.33. The van der Waals surface area contributed by atoms with Crippen molar-refractivity contribution in [3.63, 3.8) is 0 Å². The molecule has 2 heterocycles. The lowest BCUT2D eigenvalue weighted by molar-refractivity contribution is -0.137. The number of allylic oxidation sites excluding steroid dienone is 1. The highest BCUT2D eigenvalue weighted by molar-refractivity contribution is 5.91. The highest BCUT2D eigenvalue weighted by atomic mass is 16.5. The van der Waals surface area contributed by atoms with Gasteiger partial charge in [-0.3, -0.25) is 4.79 Å². The summed E-state index contributed by atoms with van der Waals surface area (Å²) in [5.41, 5.74) is 2.32. The first-order chi connectivity index (χ1) is 12.1. The zero-order chi connectivity index (χ0) is 17.4. The van der Waals surface area contributed by atoms with E-state index in [9.17, 15) is 9.59 Å². The van der Waals surface area contributed by atoms with Gasteiger partial charge in [-0.1, -0.05) is 36.9 Å². The number of benzene rings is 2. The standard InChI is InChI=1S/C20H15NO4/c1-12-7-8-14-10-15-17(11-16(14)24-12)25-20(23)19(15)21-18(22)9-13-5-3-2-4-6-13/h2-8,10-11,19H,1,9H2,(H,21,22). The second-order valence-electron chi connectivity index (χ2n) is 5.91. The molecule has 5 nitrogen and oxygen atoms in total. The molecule has 0 aromatic heterocycles. The van der Waals surface area contributed by atoms with Crippen LogP contribution in [0.2, 0.25) is 0 Å². The van der Waals surface area contributed by atoms with Gasteiger partial charge in [0.15, 0.2) is 6.04 Å². The van der Waals surface area contributed by atoms with Gasteiger partial charge in [0.2, 0.25) is 5.91 Å². The Bertz CT molecular complexity index is 915. The summed E-state index contributed by atoms with van der Waals surface area (Å²) in [6.07, 6.45) is 3.80. The third kappa shape index (κ3) is 2.92. The molecule has 5 heteroatoms. The molecular formula is C20H15NO4. The second-order valence-corrected chi connectivity index (χ2v) is 5.91. The van der Waals surface area contributed by atoms with Crippen LogP contribution in [0, 0.1) is 0 Å². The minimum absolute atomic E-state index is 0.202. The number of hydrogen-bond donors (Lipinski definition) is 1. The topological polar surface area (TPSA) is 64.6 Å². The average Bonchev–Trinajstić information content (AvgIpc) is 2.88. The minimum atomic E-state index is -0.810. The van der Waals surface area contributed by atoms with Gasteiger partial charge < -0.3 is 14.8 Å². The Morgan fingerprint density at radius 1 is 1.08 bits per heavy atom. The van der Waals surface area contributed by atoms with Crippen molar-refractivity contribution in [1.29, 1.82) is 0 Å². The SMILES string of the molecule is C=C1C=Cc2cc3c(cc2O1)OC(=O)C3NC(=O)Cc1ccccc1. The summed E-state index contributed by atoms with van der Waals surface area (Å²) in [6, 6.07) is 12.0. The summed E-state index contributed by atoms with van der Waals surface area (Å²) in [4.78, 5) is 24.5. The molecule has 0 aliphatic carbocycles. The van der Waals surface area contributed by atoms with Crippen LogP contribution in [0.4, 0.5) is 0 Å². The Morgan fingerprint density at radius 2 is 1.88 bits per heavy atom. The molecule has 25 heavy (non-hydrogen) atoms. The van der Waals surface area contributed by atoms with Crippen molar-refractivity contribution in [3.8, 4) is 11.5 Å². The first-order valence-electron chi connectivity index (χ1n) is 7.88. The zero-order valence-electron chi connectivity index (χ0n) is 13.3. The molecular weight excluding hydrogens is 318 g/mol. The van der Waals surface area contributed by atoms with Gasteiger partial charge in [-0.25, -0.2) is 4.79 Å². The molecule has 1 unspecified atom stereocenters. The largest absolute Gasteiger partial charge is 0.457 e. The number of esters is 1. The van der Waals surface area contributed by atoms with Gasteiger partial charge in [-0.05, 0) is 23.8 Å². The lowest BCUT2D eigenvalue weighted by Gasteiger charge is -2.16. The molecule has 1 N–H and O–H groups in total. The number of rotatable bonds is 3. The summed E-state index contributed by atoms with van der Waals surface area (Å²) in [7, 11) is 0. The Kier molecular flexibility index (Phi) is 3.61. The molecule has 4 rings (SSSR count). The predicted octanol–water partition coefficient (Wildman–Crippen LogP) is 2.92. The summed E-state index contributed by atoms with van der Waals surface area (Å²) in [5, 5.41) is 2.75. The van der Waals surface area contributed by atoms with Gasteiger partial charge in [0.25, 0.3) is 0 Å². The highest BCUT2D eigenvalue weighted by Crippen LogP contribution is 2.40. The van der Waals surface area contributed by atoms with E-state index in [2.05, 4.69) is 11.9 Å². The number of fused-ring (bicyclic) bond motifs is 2. The van der Waals surface area contributed by atoms with Gasteiger partial charge in [0, 0.05) is 17.2 Å². The molecule has 2 aromatic rings. The first-order valence-corrected chi connectivity index (χ1v) is 7.88. The third-order valence-electron chi connectivity index (χ3n) is 4.10. The fourth-order valence-corrected chi connectivity index (χ4v) is 2.91. The molecule has 0 saturated carbocycles. The zero-order valence-corrected chi connectivity index (χ0v) is 13.3. The van der Waals surface area contributed by atoms with Gasteiger partial charge in [-0.15, -0.1) is 0 Å². The summed E-state index contributed by atoms with van der Waals surface area (Å²) < 4.78 is 10.8. The number of hydrogen-bond acceptors (Lipinski definition) is 4. The second kappa shape index (κ2) is 5.94. The van der Waals surface area contributed by atoms with Crippen molar-refractivity contribution in [3.05, 3.63) is 77.6 Å². The van der Waals surface area contributed by atoms with Crippen LogP contribution in [0.25, 0.3) is 6.08 Å². The van der Waals surface area contributed by atoms with Gasteiger partial charge >= 0.3 is 5.97 Å². The van der Waals surface area contributed by atoms with Crippen LogP contribution < -0.4 is 14.8 Å². The van der Waals surface area contributed by atoms with Crippen LogP contribution in [-0.4, -0.2) is 11.9 Å². The van der Waals surface area contributed by atoms with E-state index in [1.165, 1.54) is 0 Å². The van der Waals surface area contributed by atoms with Crippen molar-refractivity contribution in [1.82, 2.24) is 5.32 Å². The van der Waals surface area contributed by atoms with E-state index >= 15 is 0 Å².